The summed E-state index contributed by atoms with van der Waals surface area (Å²) in [6.07, 6.45) is -3.52. The maximum atomic E-state index is 13.6. The fraction of sp³-hybridized carbons (Fsp3) is 0.0588. The summed E-state index contributed by atoms with van der Waals surface area (Å²) in [5.41, 5.74) is -1.39. The third-order valence-corrected chi connectivity index (χ3v) is 3.34. The Bertz CT molecular complexity index is 825. The Morgan fingerprint density at radius 2 is 1.70 bits per heavy atom. The molecule has 6 heteroatoms. The second-order valence-corrected chi connectivity index (χ2v) is 4.81. The third-order valence-electron chi connectivity index (χ3n) is 3.34. The number of halogens is 3. The molecule has 0 unspecified atom stereocenters. The van der Waals surface area contributed by atoms with E-state index in [1.54, 1.807) is 18.2 Å². The molecule has 0 radical (unpaired) electrons. The van der Waals surface area contributed by atoms with Crippen LogP contribution < -0.4 is 0 Å². The monoisotopic (exact) mass is 317 g/mol. The van der Waals surface area contributed by atoms with Crippen LogP contribution in [0.1, 0.15) is 21.5 Å². The first-order valence-corrected chi connectivity index (χ1v) is 6.69. The Balaban J connectivity index is 2.22. The van der Waals surface area contributed by atoms with Crippen molar-refractivity contribution in [3.8, 4) is 11.3 Å². The molecule has 116 valence electrons. The Labute approximate surface area is 129 Å². The normalized spacial score (nSPS) is 11.4. The summed E-state index contributed by atoms with van der Waals surface area (Å²) in [7, 11) is 0. The lowest BCUT2D eigenvalue weighted by atomic mass is 9.93. The topological polar surface area (TPSA) is 43.1 Å². The molecule has 0 aliphatic carbocycles. The summed E-state index contributed by atoms with van der Waals surface area (Å²) in [5.74, 6) is -0.691. The molecule has 0 bridgehead atoms. The first-order chi connectivity index (χ1) is 11.0. The highest BCUT2D eigenvalue weighted by atomic mass is 19.4. The molecule has 0 aliphatic heterocycles. The van der Waals surface area contributed by atoms with Gasteiger partial charge in [-0.05, 0) is 0 Å². The fourth-order valence-corrected chi connectivity index (χ4v) is 2.36. The minimum Gasteiger partial charge on any atom is -0.364 e. The van der Waals surface area contributed by atoms with Crippen molar-refractivity contribution in [3.63, 3.8) is 0 Å². The minimum atomic E-state index is -4.70. The van der Waals surface area contributed by atoms with E-state index in [1.807, 2.05) is 0 Å². The predicted octanol–water partition coefficient (Wildman–Crippen LogP) is 4.59. The van der Waals surface area contributed by atoms with E-state index in [9.17, 15) is 18.0 Å². The van der Waals surface area contributed by atoms with Crippen LogP contribution in [-0.4, -0.2) is 10.9 Å². The summed E-state index contributed by atoms with van der Waals surface area (Å²) < 4.78 is 45.3. The van der Waals surface area contributed by atoms with Gasteiger partial charge in [0.1, 0.15) is 12.0 Å². The SMILES string of the molecule is O=C(c1ccccc1)c1cccc(-c2ccon2)c1C(F)(F)F. The van der Waals surface area contributed by atoms with Crippen molar-refractivity contribution < 1.29 is 22.5 Å². The van der Waals surface area contributed by atoms with Crippen LogP contribution in [0.4, 0.5) is 13.2 Å². The van der Waals surface area contributed by atoms with Gasteiger partial charge >= 0.3 is 6.18 Å². The summed E-state index contributed by atoms with van der Waals surface area (Å²) in [6, 6.07) is 13.0. The van der Waals surface area contributed by atoms with Crippen LogP contribution in [0.3, 0.4) is 0 Å². The van der Waals surface area contributed by atoms with Gasteiger partial charge in [0.2, 0.25) is 0 Å². The maximum absolute atomic E-state index is 13.6. The van der Waals surface area contributed by atoms with Gasteiger partial charge in [-0.25, -0.2) is 0 Å². The Kier molecular flexibility index (Phi) is 3.73. The standard InChI is InChI=1S/C17H10F3NO2/c18-17(19,20)15-12(14-9-10-23-21-14)7-4-8-13(15)16(22)11-5-2-1-3-6-11/h1-10H. The maximum Gasteiger partial charge on any atom is 0.417 e. The molecule has 0 spiro atoms. The van der Waals surface area contributed by atoms with Gasteiger partial charge in [0.05, 0.1) is 5.56 Å². The van der Waals surface area contributed by atoms with Gasteiger partial charge in [0.25, 0.3) is 0 Å². The van der Waals surface area contributed by atoms with E-state index in [0.29, 0.717) is 0 Å². The van der Waals surface area contributed by atoms with Crippen molar-refractivity contribution in [2.45, 2.75) is 6.18 Å². The van der Waals surface area contributed by atoms with Crippen molar-refractivity contribution in [2.24, 2.45) is 0 Å². The van der Waals surface area contributed by atoms with Gasteiger partial charge in [0, 0.05) is 22.8 Å². The van der Waals surface area contributed by atoms with Gasteiger partial charge in [-0.3, -0.25) is 4.79 Å². The number of ketones is 1. The first-order valence-electron chi connectivity index (χ1n) is 6.69. The molecule has 23 heavy (non-hydrogen) atoms. The number of hydrogen-bond donors (Lipinski definition) is 0. The van der Waals surface area contributed by atoms with Gasteiger partial charge in [-0.1, -0.05) is 53.7 Å². The second-order valence-electron chi connectivity index (χ2n) is 4.81. The van der Waals surface area contributed by atoms with E-state index < -0.39 is 23.1 Å². The number of hydrogen-bond acceptors (Lipinski definition) is 3. The van der Waals surface area contributed by atoms with Gasteiger partial charge in [-0.2, -0.15) is 13.2 Å². The van der Waals surface area contributed by atoms with Crippen LogP contribution in [0, 0.1) is 0 Å². The van der Waals surface area contributed by atoms with Crippen LogP contribution in [0.5, 0.6) is 0 Å². The molecule has 0 atom stereocenters. The highest BCUT2D eigenvalue weighted by Gasteiger charge is 2.38. The zero-order valence-electron chi connectivity index (χ0n) is 11.7. The predicted molar refractivity (Wildman–Crippen MR) is 76.8 cm³/mol. The second kappa shape index (κ2) is 5.72. The number of carbonyl (C=O) groups is 1. The van der Waals surface area contributed by atoms with Crippen molar-refractivity contribution in [1.29, 1.82) is 0 Å². The van der Waals surface area contributed by atoms with Crippen molar-refractivity contribution in [3.05, 3.63) is 77.6 Å². The van der Waals surface area contributed by atoms with E-state index in [2.05, 4.69) is 9.68 Å². The molecule has 3 rings (SSSR count). The van der Waals surface area contributed by atoms with E-state index >= 15 is 0 Å². The third kappa shape index (κ3) is 2.88. The largest absolute Gasteiger partial charge is 0.417 e. The first kappa shape index (κ1) is 15.0. The number of aromatic nitrogens is 1. The molecule has 2 aromatic carbocycles. The van der Waals surface area contributed by atoms with Gasteiger partial charge in [-0.15, -0.1) is 0 Å². The molecule has 0 saturated heterocycles. The van der Waals surface area contributed by atoms with Crippen molar-refractivity contribution in [1.82, 2.24) is 5.16 Å². The zero-order valence-corrected chi connectivity index (χ0v) is 11.7. The minimum absolute atomic E-state index is 0.0278. The van der Waals surface area contributed by atoms with E-state index in [4.69, 9.17) is 0 Å². The summed E-state index contributed by atoms with van der Waals surface area (Å²) >= 11 is 0. The molecule has 0 saturated carbocycles. The molecule has 1 aromatic heterocycles. The van der Waals surface area contributed by atoms with Gasteiger partial charge < -0.3 is 4.52 Å². The van der Waals surface area contributed by atoms with Gasteiger partial charge in [0.15, 0.2) is 5.78 Å². The summed E-state index contributed by atoms with van der Waals surface area (Å²) in [6.45, 7) is 0. The Hall–Kier alpha value is -2.89. The van der Waals surface area contributed by atoms with E-state index in [0.717, 1.165) is 0 Å². The quantitative estimate of drug-likeness (QED) is 0.664. The summed E-state index contributed by atoms with van der Waals surface area (Å²) in [5, 5.41) is 3.55. The molecule has 0 fully saturated rings. The molecular weight excluding hydrogens is 307 g/mol. The number of alkyl halides is 3. The zero-order chi connectivity index (χ0) is 16.4. The highest BCUT2D eigenvalue weighted by molar-refractivity contribution is 6.10. The molecule has 0 amide bonds. The summed E-state index contributed by atoms with van der Waals surface area (Å²) in [4.78, 5) is 12.5. The lowest BCUT2D eigenvalue weighted by Crippen LogP contribution is -2.15. The molecule has 3 aromatic rings. The molecule has 0 N–H and O–H groups in total. The van der Waals surface area contributed by atoms with Crippen molar-refractivity contribution in [2.75, 3.05) is 0 Å². The fourth-order valence-electron chi connectivity index (χ4n) is 2.36. The van der Waals surface area contributed by atoms with Crippen LogP contribution in [0.2, 0.25) is 0 Å². The number of carbonyl (C=O) groups excluding carboxylic acids is 1. The number of rotatable bonds is 3. The Morgan fingerprint density at radius 3 is 2.30 bits per heavy atom. The van der Waals surface area contributed by atoms with E-state index in [-0.39, 0.29) is 16.8 Å². The molecule has 3 nitrogen and oxygen atoms in total. The number of nitrogens with zero attached hydrogens (tertiary/aromatic N) is 1. The lowest BCUT2D eigenvalue weighted by Gasteiger charge is -2.15. The highest BCUT2D eigenvalue weighted by Crippen LogP contribution is 2.39. The average Bonchev–Trinajstić information content (AvgIpc) is 3.08. The van der Waals surface area contributed by atoms with E-state index in [1.165, 1.54) is 42.7 Å². The van der Waals surface area contributed by atoms with Crippen molar-refractivity contribution >= 4 is 5.78 Å². The van der Waals surface area contributed by atoms with Crippen LogP contribution >= 0.6 is 0 Å². The van der Waals surface area contributed by atoms with Crippen LogP contribution in [-0.2, 0) is 6.18 Å². The average molecular weight is 317 g/mol. The number of benzene rings is 2. The molecule has 0 aliphatic rings. The molecule has 1 heterocycles. The van der Waals surface area contributed by atoms with Crippen LogP contribution in [0.25, 0.3) is 11.3 Å². The lowest BCUT2D eigenvalue weighted by molar-refractivity contribution is -0.137. The smallest absolute Gasteiger partial charge is 0.364 e. The molecular formula is C17H10F3NO2. The van der Waals surface area contributed by atoms with Crippen LogP contribution in [0.15, 0.2) is 65.4 Å². The Morgan fingerprint density at radius 1 is 0.957 bits per heavy atom.